The number of rotatable bonds is 8. The van der Waals surface area contributed by atoms with Gasteiger partial charge in [-0.05, 0) is 81.4 Å². The minimum Gasteiger partial charge on any atom is -0.356 e. The average Bonchev–Trinajstić information content (AvgIpc) is 2.84. The largest absolute Gasteiger partial charge is 0.356 e. The van der Waals surface area contributed by atoms with Gasteiger partial charge in [-0.25, -0.2) is 8.42 Å². The van der Waals surface area contributed by atoms with Gasteiger partial charge in [0.15, 0.2) is 0 Å². The number of likely N-dealkylation sites (tertiary alicyclic amines) is 1. The van der Waals surface area contributed by atoms with Gasteiger partial charge in [0.25, 0.3) is 0 Å². The van der Waals surface area contributed by atoms with Crippen molar-refractivity contribution in [3.8, 4) is 0 Å². The number of hydrogen-bond acceptors (Lipinski definition) is 4. The number of carbonyl (C=O) groups excluding carboxylic acids is 1. The molecule has 1 N–H and O–H groups in total. The molecule has 1 unspecified atom stereocenters. The summed E-state index contributed by atoms with van der Waals surface area (Å²) in [7, 11) is -3.55. The maximum absolute atomic E-state index is 13.1. The fourth-order valence-corrected chi connectivity index (χ4v) is 6.63. The average molecular weight is 472 g/mol. The Balaban J connectivity index is 1.21. The fraction of sp³-hybridized carbons (Fsp3) is 0.577. The van der Waals surface area contributed by atoms with Crippen molar-refractivity contribution in [3.05, 3.63) is 42.5 Å². The molecule has 6 nitrogen and oxygen atoms in total. The van der Waals surface area contributed by atoms with Crippen LogP contribution in [0.5, 0.6) is 0 Å². The smallest absolute Gasteiger partial charge is 0.243 e. The second-order valence-corrected chi connectivity index (χ2v) is 11.5. The molecular weight excluding hydrogens is 434 g/mol. The number of unbranched alkanes of at least 4 members (excludes halogenated alkanes) is 1. The normalized spacial score (nSPS) is 21.3. The Morgan fingerprint density at radius 2 is 1.73 bits per heavy atom. The minimum atomic E-state index is -3.55. The predicted molar refractivity (Wildman–Crippen MR) is 133 cm³/mol. The number of fused-ring (bicyclic) bond motifs is 1. The Morgan fingerprint density at radius 3 is 2.48 bits per heavy atom. The van der Waals surface area contributed by atoms with E-state index in [0.29, 0.717) is 43.4 Å². The van der Waals surface area contributed by atoms with Gasteiger partial charge >= 0.3 is 0 Å². The molecular formula is C26H37N3O3S. The molecule has 2 heterocycles. The lowest BCUT2D eigenvalue weighted by atomic mass is 9.97. The highest BCUT2D eigenvalue weighted by molar-refractivity contribution is 7.89. The molecule has 4 rings (SSSR count). The van der Waals surface area contributed by atoms with Crippen LogP contribution in [0.25, 0.3) is 10.8 Å². The molecule has 0 radical (unpaired) electrons. The van der Waals surface area contributed by atoms with Crippen LogP contribution >= 0.6 is 0 Å². The molecule has 2 saturated heterocycles. The second kappa shape index (κ2) is 11.0. The van der Waals surface area contributed by atoms with Crippen molar-refractivity contribution in [2.24, 2.45) is 5.92 Å². The molecule has 2 aromatic rings. The molecule has 0 aromatic heterocycles. The van der Waals surface area contributed by atoms with Gasteiger partial charge in [-0.15, -0.1) is 0 Å². The standard InChI is InChI=1S/C26H37N3O3S/c1-21-8-4-6-16-28(21)17-7-5-15-27-26(30)23-13-18-29(19-14-23)33(31,32)25-12-11-22-9-2-3-10-24(22)20-25/h2-3,9-12,20-21,23H,4-8,13-19H2,1H3,(H,27,30). The lowest BCUT2D eigenvalue weighted by molar-refractivity contribution is -0.126. The van der Waals surface area contributed by atoms with Gasteiger partial charge in [-0.3, -0.25) is 4.79 Å². The van der Waals surface area contributed by atoms with Crippen molar-refractivity contribution in [2.45, 2.75) is 62.8 Å². The van der Waals surface area contributed by atoms with Crippen LogP contribution in [-0.2, 0) is 14.8 Å². The third kappa shape index (κ3) is 5.94. The van der Waals surface area contributed by atoms with Crippen molar-refractivity contribution in [1.82, 2.24) is 14.5 Å². The Kier molecular flexibility index (Phi) is 8.04. The highest BCUT2D eigenvalue weighted by atomic mass is 32.2. The summed E-state index contributed by atoms with van der Waals surface area (Å²) < 4.78 is 27.8. The van der Waals surface area contributed by atoms with E-state index >= 15 is 0 Å². The predicted octanol–water partition coefficient (Wildman–Crippen LogP) is 4.01. The summed E-state index contributed by atoms with van der Waals surface area (Å²) in [4.78, 5) is 15.5. The van der Waals surface area contributed by atoms with Crippen molar-refractivity contribution in [3.63, 3.8) is 0 Å². The summed E-state index contributed by atoms with van der Waals surface area (Å²) in [6.07, 6.45) is 7.18. The second-order valence-electron chi connectivity index (χ2n) is 9.57. The summed E-state index contributed by atoms with van der Waals surface area (Å²) in [5.41, 5.74) is 0. The van der Waals surface area contributed by atoms with Gasteiger partial charge in [0.05, 0.1) is 4.90 Å². The molecule has 2 aromatic carbocycles. The fourth-order valence-electron chi connectivity index (χ4n) is 5.12. The number of nitrogens with zero attached hydrogens (tertiary/aromatic N) is 2. The maximum atomic E-state index is 13.1. The van der Waals surface area contributed by atoms with E-state index in [0.717, 1.165) is 30.2 Å². The number of carbonyl (C=O) groups is 1. The van der Waals surface area contributed by atoms with E-state index in [4.69, 9.17) is 0 Å². The Hall–Kier alpha value is -1.96. The van der Waals surface area contributed by atoms with Crippen molar-refractivity contribution < 1.29 is 13.2 Å². The third-order valence-electron chi connectivity index (χ3n) is 7.30. The maximum Gasteiger partial charge on any atom is 0.243 e. The molecule has 2 aliphatic heterocycles. The first kappa shape index (κ1) is 24.2. The van der Waals surface area contributed by atoms with Crippen LogP contribution < -0.4 is 5.32 Å². The Morgan fingerprint density at radius 1 is 0.970 bits per heavy atom. The number of hydrogen-bond donors (Lipinski definition) is 1. The molecule has 0 saturated carbocycles. The van der Waals surface area contributed by atoms with Crippen LogP contribution in [-0.4, -0.2) is 62.3 Å². The number of amides is 1. The monoisotopic (exact) mass is 471 g/mol. The molecule has 1 amide bonds. The first-order valence-electron chi connectivity index (χ1n) is 12.5. The van der Waals surface area contributed by atoms with Crippen molar-refractivity contribution >= 4 is 26.7 Å². The van der Waals surface area contributed by atoms with E-state index in [-0.39, 0.29) is 11.8 Å². The van der Waals surface area contributed by atoms with Crippen LogP contribution in [0, 0.1) is 5.92 Å². The van der Waals surface area contributed by atoms with Crippen molar-refractivity contribution in [2.75, 3.05) is 32.7 Å². The molecule has 1 atom stereocenters. The van der Waals surface area contributed by atoms with E-state index < -0.39 is 10.0 Å². The molecule has 7 heteroatoms. The van der Waals surface area contributed by atoms with E-state index in [2.05, 4.69) is 17.1 Å². The highest BCUT2D eigenvalue weighted by Gasteiger charge is 2.32. The van der Waals surface area contributed by atoms with Crippen LogP contribution in [0.3, 0.4) is 0 Å². The van der Waals surface area contributed by atoms with Crippen LogP contribution in [0.2, 0.25) is 0 Å². The van der Waals surface area contributed by atoms with Gasteiger partial charge in [0.1, 0.15) is 0 Å². The van der Waals surface area contributed by atoms with E-state index in [1.54, 1.807) is 12.1 Å². The lowest BCUT2D eigenvalue weighted by Gasteiger charge is -2.33. The summed E-state index contributed by atoms with van der Waals surface area (Å²) >= 11 is 0. The van der Waals surface area contributed by atoms with Gasteiger partial charge in [-0.1, -0.05) is 36.8 Å². The third-order valence-corrected chi connectivity index (χ3v) is 9.19. The van der Waals surface area contributed by atoms with Crippen molar-refractivity contribution in [1.29, 1.82) is 0 Å². The molecule has 33 heavy (non-hydrogen) atoms. The summed E-state index contributed by atoms with van der Waals surface area (Å²) in [5, 5.41) is 5.03. The summed E-state index contributed by atoms with van der Waals surface area (Å²) in [6, 6.07) is 13.7. The van der Waals surface area contributed by atoms with E-state index in [9.17, 15) is 13.2 Å². The molecule has 0 spiro atoms. The van der Waals surface area contributed by atoms with E-state index in [1.165, 1.54) is 30.1 Å². The molecule has 0 bridgehead atoms. The number of nitrogens with one attached hydrogen (secondary N) is 1. The first-order valence-corrected chi connectivity index (χ1v) is 13.9. The highest BCUT2D eigenvalue weighted by Crippen LogP contribution is 2.26. The number of sulfonamides is 1. The van der Waals surface area contributed by atoms with Gasteiger partial charge in [0.2, 0.25) is 15.9 Å². The zero-order chi connectivity index (χ0) is 23.3. The van der Waals surface area contributed by atoms with Gasteiger partial charge in [-0.2, -0.15) is 4.31 Å². The van der Waals surface area contributed by atoms with Crippen LogP contribution in [0.4, 0.5) is 0 Å². The SMILES string of the molecule is CC1CCCCN1CCCCNC(=O)C1CCN(S(=O)(=O)c2ccc3ccccc3c2)CC1. The van der Waals surface area contributed by atoms with Crippen LogP contribution in [0.15, 0.2) is 47.4 Å². The zero-order valence-corrected chi connectivity index (χ0v) is 20.5. The summed E-state index contributed by atoms with van der Waals surface area (Å²) in [6.45, 7) is 6.11. The quantitative estimate of drug-likeness (QED) is 0.591. The van der Waals surface area contributed by atoms with Crippen LogP contribution in [0.1, 0.15) is 51.9 Å². The first-order chi connectivity index (χ1) is 15.9. The van der Waals surface area contributed by atoms with E-state index in [1.807, 2.05) is 30.3 Å². The number of piperidine rings is 2. The molecule has 180 valence electrons. The minimum absolute atomic E-state index is 0.0732. The molecule has 2 aliphatic rings. The summed E-state index contributed by atoms with van der Waals surface area (Å²) in [5.74, 6) is -0.0285. The Labute approximate surface area is 198 Å². The topological polar surface area (TPSA) is 69.7 Å². The van der Waals surface area contributed by atoms with Gasteiger partial charge < -0.3 is 10.2 Å². The number of benzene rings is 2. The molecule has 0 aliphatic carbocycles. The Bertz CT molecular complexity index is 1050. The zero-order valence-electron chi connectivity index (χ0n) is 19.7. The van der Waals surface area contributed by atoms with Gasteiger partial charge in [0, 0.05) is 31.6 Å². The molecule has 2 fully saturated rings. The lowest BCUT2D eigenvalue weighted by Crippen LogP contribution is -2.43.